The van der Waals surface area contributed by atoms with Crippen molar-refractivity contribution in [3.05, 3.63) is 70.8 Å². The summed E-state index contributed by atoms with van der Waals surface area (Å²) < 4.78 is 0. The fraction of sp³-hybridized carbons (Fsp3) is 0.429. The molecule has 3 rings (SSSR count). The average Bonchev–Trinajstić information content (AvgIpc) is 3.04. The molecule has 0 spiro atoms. The van der Waals surface area contributed by atoms with Gasteiger partial charge in [-0.3, -0.25) is 24.1 Å². The number of amides is 4. The summed E-state index contributed by atoms with van der Waals surface area (Å²) in [6.45, 7) is 10.1. The van der Waals surface area contributed by atoms with Gasteiger partial charge >= 0.3 is 0 Å². The Morgan fingerprint density at radius 2 is 1.54 bits per heavy atom. The Labute approximate surface area is 207 Å². The molecule has 1 N–H and O–H groups in total. The van der Waals surface area contributed by atoms with Crippen LogP contribution in [0.25, 0.3) is 0 Å². The van der Waals surface area contributed by atoms with Crippen LogP contribution in [-0.4, -0.2) is 51.6 Å². The molecule has 0 fully saturated rings. The van der Waals surface area contributed by atoms with Crippen LogP contribution in [0.2, 0.25) is 0 Å². The summed E-state index contributed by atoms with van der Waals surface area (Å²) in [5.74, 6) is -1.03. The Hall–Kier alpha value is -3.48. The van der Waals surface area contributed by atoms with Gasteiger partial charge < -0.3 is 10.2 Å². The highest BCUT2D eigenvalue weighted by atomic mass is 16.2. The second kappa shape index (κ2) is 10.8. The Morgan fingerprint density at radius 1 is 0.971 bits per heavy atom. The predicted molar refractivity (Wildman–Crippen MR) is 135 cm³/mol. The van der Waals surface area contributed by atoms with Gasteiger partial charge in [0.15, 0.2) is 0 Å². The van der Waals surface area contributed by atoms with Crippen LogP contribution in [-0.2, 0) is 16.1 Å². The molecule has 0 unspecified atom stereocenters. The van der Waals surface area contributed by atoms with Crippen LogP contribution >= 0.6 is 0 Å². The van der Waals surface area contributed by atoms with E-state index in [0.717, 1.165) is 11.1 Å². The summed E-state index contributed by atoms with van der Waals surface area (Å²) in [6, 6.07) is 13.9. The minimum absolute atomic E-state index is 0.124. The van der Waals surface area contributed by atoms with E-state index in [1.165, 1.54) is 4.90 Å². The quantitative estimate of drug-likeness (QED) is 0.551. The van der Waals surface area contributed by atoms with Gasteiger partial charge in [-0.15, -0.1) is 0 Å². The molecule has 0 bridgehead atoms. The molecular formula is C28H35N3O4. The van der Waals surface area contributed by atoms with Crippen molar-refractivity contribution < 1.29 is 19.2 Å². The van der Waals surface area contributed by atoms with E-state index >= 15 is 0 Å². The molecule has 1 aliphatic heterocycles. The van der Waals surface area contributed by atoms with Crippen molar-refractivity contribution in [3.63, 3.8) is 0 Å². The van der Waals surface area contributed by atoms with Crippen molar-refractivity contribution in [1.29, 1.82) is 0 Å². The Bertz CT molecular complexity index is 1080. The molecule has 0 radical (unpaired) electrons. The van der Waals surface area contributed by atoms with Gasteiger partial charge in [-0.1, -0.05) is 43.3 Å². The molecule has 7 nitrogen and oxygen atoms in total. The van der Waals surface area contributed by atoms with Crippen LogP contribution in [0.1, 0.15) is 78.8 Å². The van der Waals surface area contributed by atoms with Gasteiger partial charge in [-0.25, -0.2) is 0 Å². The van der Waals surface area contributed by atoms with Crippen molar-refractivity contribution in [2.75, 3.05) is 6.54 Å². The van der Waals surface area contributed by atoms with E-state index in [-0.39, 0.29) is 36.6 Å². The number of hydrogen-bond acceptors (Lipinski definition) is 4. The zero-order chi connectivity index (χ0) is 25.8. The zero-order valence-corrected chi connectivity index (χ0v) is 21.3. The predicted octanol–water partition coefficient (Wildman–Crippen LogP) is 4.09. The number of rotatable bonds is 9. The smallest absolute Gasteiger partial charge is 0.261 e. The van der Waals surface area contributed by atoms with Crippen molar-refractivity contribution in [2.45, 2.75) is 72.0 Å². The van der Waals surface area contributed by atoms with Gasteiger partial charge in [0.2, 0.25) is 11.8 Å². The summed E-state index contributed by atoms with van der Waals surface area (Å²) in [5.41, 5.74) is 2.39. The van der Waals surface area contributed by atoms with Crippen molar-refractivity contribution in [1.82, 2.24) is 15.1 Å². The third-order valence-electron chi connectivity index (χ3n) is 6.14. The molecule has 4 amide bonds. The average molecular weight is 478 g/mol. The SMILES string of the molecule is CC[C@H](C(=O)NC(C)(C)C)N(Cc1ccccc1C)C(=O)CCCN1C(=O)c2ccccc2C1=O. The minimum atomic E-state index is -0.624. The summed E-state index contributed by atoms with van der Waals surface area (Å²) >= 11 is 0. The topological polar surface area (TPSA) is 86.8 Å². The molecule has 1 aliphatic rings. The van der Waals surface area contributed by atoms with Gasteiger partial charge in [0.05, 0.1) is 11.1 Å². The third-order valence-corrected chi connectivity index (χ3v) is 6.14. The first-order valence-corrected chi connectivity index (χ1v) is 12.1. The maximum atomic E-state index is 13.4. The van der Waals surface area contributed by atoms with E-state index in [0.29, 0.717) is 30.5 Å². The highest BCUT2D eigenvalue weighted by Gasteiger charge is 2.35. The van der Waals surface area contributed by atoms with Crippen LogP contribution in [0.15, 0.2) is 48.5 Å². The van der Waals surface area contributed by atoms with Crippen LogP contribution < -0.4 is 5.32 Å². The van der Waals surface area contributed by atoms with Gasteiger partial charge in [0.1, 0.15) is 6.04 Å². The number of hydrogen-bond donors (Lipinski definition) is 1. The number of imide groups is 1. The molecule has 2 aromatic rings. The van der Waals surface area contributed by atoms with E-state index < -0.39 is 11.6 Å². The molecule has 2 aromatic carbocycles. The van der Waals surface area contributed by atoms with Crippen LogP contribution in [0.4, 0.5) is 0 Å². The largest absolute Gasteiger partial charge is 0.350 e. The Kier molecular flexibility index (Phi) is 8.10. The molecule has 0 aliphatic carbocycles. The summed E-state index contributed by atoms with van der Waals surface area (Å²) in [7, 11) is 0. The molecule has 1 heterocycles. The first-order valence-electron chi connectivity index (χ1n) is 12.1. The molecule has 7 heteroatoms. The molecule has 0 aromatic heterocycles. The second-order valence-electron chi connectivity index (χ2n) is 10.0. The highest BCUT2D eigenvalue weighted by molar-refractivity contribution is 6.21. The first kappa shape index (κ1) is 26.1. The molecule has 0 saturated carbocycles. The van der Waals surface area contributed by atoms with E-state index in [9.17, 15) is 19.2 Å². The van der Waals surface area contributed by atoms with E-state index in [1.807, 2.05) is 58.9 Å². The fourth-order valence-corrected chi connectivity index (χ4v) is 4.32. The first-order chi connectivity index (χ1) is 16.5. The van der Waals surface area contributed by atoms with Gasteiger partial charge in [-0.2, -0.15) is 0 Å². The number of nitrogens with one attached hydrogen (secondary N) is 1. The lowest BCUT2D eigenvalue weighted by atomic mass is 10.0. The van der Waals surface area contributed by atoms with Crippen LogP contribution in [0.5, 0.6) is 0 Å². The van der Waals surface area contributed by atoms with Crippen LogP contribution in [0, 0.1) is 6.92 Å². The summed E-state index contributed by atoms with van der Waals surface area (Å²) in [6.07, 6.45) is 0.919. The molecule has 1 atom stereocenters. The van der Waals surface area contributed by atoms with Crippen LogP contribution in [0.3, 0.4) is 0 Å². The molecular weight excluding hydrogens is 442 g/mol. The van der Waals surface area contributed by atoms with Crippen molar-refractivity contribution >= 4 is 23.6 Å². The second-order valence-corrected chi connectivity index (χ2v) is 10.0. The number of carbonyl (C=O) groups excluding carboxylic acids is 4. The standard InChI is InChI=1S/C28H35N3O4/c1-6-23(25(33)29-28(3,4)5)31(18-20-13-8-7-12-19(20)2)24(32)16-11-17-30-26(34)21-14-9-10-15-22(21)27(30)35/h7-10,12-15,23H,6,11,16-18H2,1-5H3,(H,29,33)/t23-/m1/s1. The maximum absolute atomic E-state index is 13.4. The number of benzene rings is 2. The monoisotopic (exact) mass is 477 g/mol. The molecule has 0 saturated heterocycles. The fourth-order valence-electron chi connectivity index (χ4n) is 4.32. The van der Waals surface area contributed by atoms with Gasteiger partial charge in [0.25, 0.3) is 11.8 Å². The maximum Gasteiger partial charge on any atom is 0.261 e. The van der Waals surface area contributed by atoms with Crippen molar-refractivity contribution in [3.8, 4) is 0 Å². The zero-order valence-electron chi connectivity index (χ0n) is 21.3. The van der Waals surface area contributed by atoms with Gasteiger partial charge in [-0.05, 0) is 63.8 Å². The third kappa shape index (κ3) is 6.15. The van der Waals surface area contributed by atoms with E-state index in [2.05, 4.69) is 5.32 Å². The lowest BCUT2D eigenvalue weighted by Gasteiger charge is -2.33. The van der Waals surface area contributed by atoms with E-state index in [1.54, 1.807) is 29.2 Å². The number of nitrogens with zero attached hydrogens (tertiary/aromatic N) is 2. The van der Waals surface area contributed by atoms with E-state index in [4.69, 9.17) is 0 Å². The highest BCUT2D eigenvalue weighted by Crippen LogP contribution is 2.23. The number of aryl methyl sites for hydroxylation is 1. The Morgan fingerprint density at radius 3 is 2.09 bits per heavy atom. The number of fused-ring (bicyclic) bond motifs is 1. The van der Waals surface area contributed by atoms with Gasteiger partial charge in [0, 0.05) is 25.0 Å². The molecule has 186 valence electrons. The lowest BCUT2D eigenvalue weighted by molar-refractivity contribution is -0.142. The number of carbonyl (C=O) groups is 4. The Balaban J connectivity index is 1.74. The lowest BCUT2D eigenvalue weighted by Crippen LogP contribution is -2.53. The minimum Gasteiger partial charge on any atom is -0.350 e. The normalized spacial score (nSPS) is 14.0. The summed E-state index contributed by atoms with van der Waals surface area (Å²) in [5, 5.41) is 3.00. The molecule has 35 heavy (non-hydrogen) atoms. The van der Waals surface area contributed by atoms with Crippen molar-refractivity contribution in [2.24, 2.45) is 0 Å². The summed E-state index contributed by atoms with van der Waals surface area (Å²) in [4.78, 5) is 54.6.